The molecule has 1 saturated carbocycles. The van der Waals surface area contributed by atoms with Crippen molar-refractivity contribution in [2.24, 2.45) is 11.7 Å². The third kappa shape index (κ3) is 3.82. The van der Waals surface area contributed by atoms with E-state index in [9.17, 15) is 4.79 Å². The predicted octanol–water partition coefficient (Wildman–Crippen LogP) is 1.81. The number of hydrogen-bond acceptors (Lipinski definition) is 2. The van der Waals surface area contributed by atoms with Gasteiger partial charge in [0.2, 0.25) is 5.91 Å². The van der Waals surface area contributed by atoms with E-state index < -0.39 is 0 Å². The number of nitrogens with two attached hydrogens (primary N) is 1. The molecule has 0 spiro atoms. The van der Waals surface area contributed by atoms with Crippen molar-refractivity contribution in [1.82, 2.24) is 5.32 Å². The van der Waals surface area contributed by atoms with E-state index in [1.807, 2.05) is 0 Å². The molecule has 0 heterocycles. The van der Waals surface area contributed by atoms with Crippen LogP contribution in [0.3, 0.4) is 0 Å². The van der Waals surface area contributed by atoms with Crippen LogP contribution in [0.4, 0.5) is 0 Å². The van der Waals surface area contributed by atoms with E-state index in [4.69, 9.17) is 5.73 Å². The third-order valence-electron chi connectivity index (χ3n) is 3.62. The zero-order chi connectivity index (χ0) is 11.3. The van der Waals surface area contributed by atoms with Gasteiger partial charge >= 0.3 is 0 Å². The van der Waals surface area contributed by atoms with Gasteiger partial charge in [0, 0.05) is 12.0 Å². The molecule has 3 heteroatoms. The maximum Gasteiger partial charge on any atom is 0.220 e. The summed E-state index contributed by atoms with van der Waals surface area (Å²) >= 11 is 0. The van der Waals surface area contributed by atoms with Crippen LogP contribution >= 0.6 is 0 Å². The minimum absolute atomic E-state index is 0.102. The number of carbonyl (C=O) groups is 1. The molecule has 15 heavy (non-hydrogen) atoms. The molecule has 1 aliphatic carbocycles. The molecule has 0 bridgehead atoms. The summed E-state index contributed by atoms with van der Waals surface area (Å²) in [5.74, 6) is 0.849. The van der Waals surface area contributed by atoms with Gasteiger partial charge in [0.1, 0.15) is 0 Å². The quantitative estimate of drug-likeness (QED) is 0.705. The Hall–Kier alpha value is -0.570. The van der Waals surface area contributed by atoms with Crippen LogP contribution in [0, 0.1) is 5.92 Å². The largest absolute Gasteiger partial charge is 0.351 e. The zero-order valence-electron chi connectivity index (χ0n) is 10.0. The highest BCUT2D eigenvalue weighted by Gasteiger charge is 2.26. The fraction of sp³-hybridized carbons (Fsp3) is 0.917. The van der Waals surface area contributed by atoms with Crippen LogP contribution in [0.25, 0.3) is 0 Å². The Labute approximate surface area is 92.8 Å². The van der Waals surface area contributed by atoms with Crippen LogP contribution in [0.1, 0.15) is 52.4 Å². The monoisotopic (exact) mass is 212 g/mol. The van der Waals surface area contributed by atoms with Gasteiger partial charge in [-0.15, -0.1) is 0 Å². The first-order valence-corrected chi connectivity index (χ1v) is 6.10. The fourth-order valence-corrected chi connectivity index (χ4v) is 1.99. The molecule has 0 saturated heterocycles. The normalized spacial score (nSPS) is 20.5. The Morgan fingerprint density at radius 3 is 2.60 bits per heavy atom. The first kappa shape index (κ1) is 12.5. The number of nitrogens with one attached hydrogen (secondary N) is 1. The standard InChI is InChI=1S/C12H24N2O/c1-3-12(2,7-8-13)14-11(15)9-10-5-4-6-10/h10H,3-9,13H2,1-2H3,(H,14,15). The van der Waals surface area contributed by atoms with Crippen LogP contribution < -0.4 is 11.1 Å². The molecular weight excluding hydrogens is 188 g/mol. The lowest BCUT2D eigenvalue weighted by Gasteiger charge is -2.31. The summed E-state index contributed by atoms with van der Waals surface area (Å²) in [6, 6.07) is 0. The molecule has 1 amide bonds. The molecule has 0 radical (unpaired) electrons. The average molecular weight is 212 g/mol. The molecule has 3 nitrogen and oxygen atoms in total. The number of rotatable bonds is 6. The number of amides is 1. The van der Waals surface area contributed by atoms with Gasteiger partial charge in [-0.25, -0.2) is 0 Å². The molecule has 1 atom stereocenters. The van der Waals surface area contributed by atoms with Crippen LogP contribution in [-0.2, 0) is 4.79 Å². The van der Waals surface area contributed by atoms with Gasteiger partial charge in [-0.2, -0.15) is 0 Å². The molecule has 1 rings (SSSR count). The summed E-state index contributed by atoms with van der Waals surface area (Å²) in [6.45, 7) is 4.81. The highest BCUT2D eigenvalue weighted by Crippen LogP contribution is 2.29. The topological polar surface area (TPSA) is 55.1 Å². The van der Waals surface area contributed by atoms with E-state index in [-0.39, 0.29) is 11.4 Å². The lowest BCUT2D eigenvalue weighted by atomic mass is 9.82. The summed E-state index contributed by atoms with van der Waals surface area (Å²) in [5, 5.41) is 3.12. The molecule has 3 N–H and O–H groups in total. The van der Waals surface area contributed by atoms with Crippen molar-refractivity contribution in [3.05, 3.63) is 0 Å². The second-order valence-electron chi connectivity index (χ2n) is 5.00. The highest BCUT2D eigenvalue weighted by atomic mass is 16.1. The van der Waals surface area contributed by atoms with E-state index >= 15 is 0 Å². The van der Waals surface area contributed by atoms with Crippen molar-refractivity contribution >= 4 is 5.91 Å². The van der Waals surface area contributed by atoms with Gasteiger partial charge in [-0.1, -0.05) is 13.3 Å². The van der Waals surface area contributed by atoms with Crippen LogP contribution in [0.15, 0.2) is 0 Å². The molecule has 0 aliphatic heterocycles. The first-order valence-electron chi connectivity index (χ1n) is 6.10. The third-order valence-corrected chi connectivity index (χ3v) is 3.62. The number of carbonyl (C=O) groups excluding carboxylic acids is 1. The Bertz CT molecular complexity index is 214. The summed E-state index contributed by atoms with van der Waals surface area (Å²) < 4.78 is 0. The highest BCUT2D eigenvalue weighted by molar-refractivity contribution is 5.77. The van der Waals surface area contributed by atoms with Crippen molar-refractivity contribution in [3.8, 4) is 0 Å². The van der Waals surface area contributed by atoms with Crippen molar-refractivity contribution in [3.63, 3.8) is 0 Å². The van der Waals surface area contributed by atoms with E-state index in [0.717, 1.165) is 12.8 Å². The summed E-state index contributed by atoms with van der Waals surface area (Å²) in [4.78, 5) is 11.7. The second-order valence-corrected chi connectivity index (χ2v) is 5.00. The lowest BCUT2D eigenvalue weighted by molar-refractivity contribution is -0.124. The van der Waals surface area contributed by atoms with Gasteiger partial charge < -0.3 is 11.1 Å². The number of hydrogen-bond donors (Lipinski definition) is 2. The van der Waals surface area contributed by atoms with Crippen molar-refractivity contribution in [1.29, 1.82) is 0 Å². The molecule has 0 aromatic rings. The lowest BCUT2D eigenvalue weighted by Crippen LogP contribution is -2.47. The molecule has 88 valence electrons. The van der Waals surface area contributed by atoms with Crippen molar-refractivity contribution in [2.45, 2.75) is 57.9 Å². The molecular formula is C12H24N2O. The molecule has 1 unspecified atom stereocenters. The Balaban J connectivity index is 2.32. The van der Waals surface area contributed by atoms with Crippen LogP contribution in [0.2, 0.25) is 0 Å². The van der Waals surface area contributed by atoms with Gasteiger partial charge in [0.05, 0.1) is 0 Å². The van der Waals surface area contributed by atoms with Crippen molar-refractivity contribution in [2.75, 3.05) is 6.54 Å². The van der Waals surface area contributed by atoms with E-state index in [1.165, 1.54) is 19.3 Å². The minimum atomic E-state index is -0.102. The first-order chi connectivity index (χ1) is 7.09. The maximum atomic E-state index is 11.7. The van der Waals surface area contributed by atoms with Crippen molar-refractivity contribution < 1.29 is 4.79 Å². The maximum absolute atomic E-state index is 11.7. The Morgan fingerprint density at radius 1 is 1.53 bits per heavy atom. The van der Waals surface area contributed by atoms with Crippen LogP contribution in [-0.4, -0.2) is 18.0 Å². The second kappa shape index (κ2) is 5.50. The van der Waals surface area contributed by atoms with E-state index in [0.29, 0.717) is 18.9 Å². The zero-order valence-corrected chi connectivity index (χ0v) is 10.0. The smallest absolute Gasteiger partial charge is 0.220 e. The van der Waals surface area contributed by atoms with Crippen LogP contribution in [0.5, 0.6) is 0 Å². The van der Waals surface area contributed by atoms with Gasteiger partial charge in [0.25, 0.3) is 0 Å². The van der Waals surface area contributed by atoms with E-state index in [2.05, 4.69) is 19.2 Å². The summed E-state index contributed by atoms with van der Waals surface area (Å²) in [7, 11) is 0. The minimum Gasteiger partial charge on any atom is -0.351 e. The van der Waals surface area contributed by atoms with Gasteiger partial charge in [0.15, 0.2) is 0 Å². The van der Waals surface area contributed by atoms with Gasteiger partial charge in [-0.3, -0.25) is 4.79 Å². The molecule has 1 fully saturated rings. The Morgan fingerprint density at radius 2 is 2.20 bits per heavy atom. The average Bonchev–Trinajstić information content (AvgIpc) is 2.12. The molecule has 0 aromatic heterocycles. The molecule has 0 aromatic carbocycles. The Kier molecular flexibility index (Phi) is 4.58. The summed E-state index contributed by atoms with van der Waals surface area (Å²) in [5.41, 5.74) is 5.45. The SMILES string of the molecule is CCC(C)(CCN)NC(=O)CC1CCC1. The molecule has 1 aliphatic rings. The van der Waals surface area contributed by atoms with Gasteiger partial charge in [-0.05, 0) is 45.1 Å². The summed E-state index contributed by atoms with van der Waals surface area (Å²) in [6.07, 6.45) is 6.27. The van der Waals surface area contributed by atoms with E-state index in [1.54, 1.807) is 0 Å². The fourth-order valence-electron chi connectivity index (χ4n) is 1.99. The predicted molar refractivity (Wildman–Crippen MR) is 62.5 cm³/mol.